The van der Waals surface area contributed by atoms with Gasteiger partial charge in [0.15, 0.2) is 0 Å². The van der Waals surface area contributed by atoms with E-state index in [1.807, 2.05) is 66.7 Å². The molecule has 1 aliphatic heterocycles. The SMILES string of the molecule is COc1ccc2c(c1)C(CC(=O)OCc1ccccc1)N(c1ccccc1)C2=O. The van der Waals surface area contributed by atoms with Crippen molar-refractivity contribution in [2.75, 3.05) is 12.0 Å². The fourth-order valence-corrected chi connectivity index (χ4v) is 3.59. The second-order valence-corrected chi connectivity index (χ2v) is 6.83. The van der Waals surface area contributed by atoms with Crippen LogP contribution in [0.1, 0.15) is 33.9 Å². The standard InChI is InChI=1S/C24H21NO4/c1-28-19-12-13-20-21(14-19)22(25(24(20)27)18-10-6-3-7-11-18)15-23(26)29-16-17-8-4-2-5-9-17/h2-14,22H,15-16H2,1H3. The maximum atomic E-state index is 13.1. The molecule has 1 atom stereocenters. The quantitative estimate of drug-likeness (QED) is 0.583. The van der Waals surface area contributed by atoms with Gasteiger partial charge in [-0.05, 0) is 41.5 Å². The summed E-state index contributed by atoms with van der Waals surface area (Å²) in [6.45, 7) is 0.205. The van der Waals surface area contributed by atoms with E-state index >= 15 is 0 Å². The largest absolute Gasteiger partial charge is 0.497 e. The molecule has 0 aromatic heterocycles. The van der Waals surface area contributed by atoms with Crippen molar-refractivity contribution in [3.8, 4) is 5.75 Å². The summed E-state index contributed by atoms with van der Waals surface area (Å²) in [5.74, 6) is 0.159. The van der Waals surface area contributed by atoms with E-state index < -0.39 is 6.04 Å². The molecule has 3 aromatic rings. The highest BCUT2D eigenvalue weighted by Crippen LogP contribution is 2.41. The summed E-state index contributed by atoms with van der Waals surface area (Å²) < 4.78 is 10.8. The monoisotopic (exact) mass is 387 g/mol. The number of esters is 1. The minimum absolute atomic E-state index is 0.0631. The summed E-state index contributed by atoms with van der Waals surface area (Å²) in [4.78, 5) is 27.4. The molecule has 1 aliphatic rings. The number of fused-ring (bicyclic) bond motifs is 1. The summed E-state index contributed by atoms with van der Waals surface area (Å²) in [6.07, 6.45) is 0.0631. The minimum Gasteiger partial charge on any atom is -0.497 e. The molecule has 0 N–H and O–H groups in total. The first-order valence-corrected chi connectivity index (χ1v) is 9.43. The molecule has 5 heteroatoms. The van der Waals surface area contributed by atoms with Crippen LogP contribution in [0.25, 0.3) is 0 Å². The van der Waals surface area contributed by atoms with Gasteiger partial charge in [-0.2, -0.15) is 0 Å². The van der Waals surface area contributed by atoms with Crippen LogP contribution >= 0.6 is 0 Å². The molecule has 0 saturated heterocycles. The Morgan fingerprint density at radius 2 is 1.66 bits per heavy atom. The predicted molar refractivity (Wildman–Crippen MR) is 110 cm³/mol. The number of benzene rings is 3. The molecule has 0 radical (unpaired) electrons. The van der Waals surface area contributed by atoms with Gasteiger partial charge >= 0.3 is 5.97 Å². The molecule has 1 amide bonds. The number of para-hydroxylation sites is 1. The third-order valence-electron chi connectivity index (χ3n) is 5.02. The van der Waals surface area contributed by atoms with Gasteiger partial charge in [-0.1, -0.05) is 48.5 Å². The van der Waals surface area contributed by atoms with E-state index in [1.165, 1.54) is 0 Å². The van der Waals surface area contributed by atoms with Crippen LogP contribution in [0.5, 0.6) is 5.75 Å². The number of anilines is 1. The van der Waals surface area contributed by atoms with E-state index in [2.05, 4.69) is 0 Å². The minimum atomic E-state index is -0.446. The first-order valence-electron chi connectivity index (χ1n) is 9.43. The third-order valence-corrected chi connectivity index (χ3v) is 5.02. The maximum absolute atomic E-state index is 13.1. The molecule has 4 rings (SSSR count). The molecule has 5 nitrogen and oxygen atoms in total. The van der Waals surface area contributed by atoms with E-state index in [0.717, 1.165) is 16.8 Å². The lowest BCUT2D eigenvalue weighted by molar-refractivity contribution is -0.145. The summed E-state index contributed by atoms with van der Waals surface area (Å²) in [5.41, 5.74) is 3.02. The second-order valence-electron chi connectivity index (χ2n) is 6.83. The number of hydrogen-bond donors (Lipinski definition) is 0. The Morgan fingerprint density at radius 3 is 2.34 bits per heavy atom. The summed E-state index contributed by atoms with van der Waals surface area (Å²) in [7, 11) is 1.58. The van der Waals surface area contributed by atoms with E-state index in [9.17, 15) is 9.59 Å². The number of carbonyl (C=O) groups excluding carboxylic acids is 2. The lowest BCUT2D eigenvalue weighted by atomic mass is 10.0. The highest BCUT2D eigenvalue weighted by molar-refractivity contribution is 6.11. The normalized spacial score (nSPS) is 15.1. The molecule has 0 saturated carbocycles. The predicted octanol–water partition coefficient (Wildman–Crippen LogP) is 4.53. The Morgan fingerprint density at radius 1 is 0.966 bits per heavy atom. The molecule has 0 bridgehead atoms. The van der Waals surface area contributed by atoms with Crippen LogP contribution in [-0.4, -0.2) is 19.0 Å². The summed E-state index contributed by atoms with van der Waals surface area (Å²) in [6, 6.07) is 23.8. The van der Waals surface area contributed by atoms with Crippen LogP contribution in [0.3, 0.4) is 0 Å². The molecular formula is C24H21NO4. The van der Waals surface area contributed by atoms with Crippen molar-refractivity contribution >= 4 is 17.6 Å². The number of methoxy groups -OCH3 is 1. The van der Waals surface area contributed by atoms with Crippen molar-refractivity contribution in [1.82, 2.24) is 0 Å². The second kappa shape index (κ2) is 8.19. The van der Waals surface area contributed by atoms with Crippen molar-refractivity contribution in [2.45, 2.75) is 19.1 Å². The van der Waals surface area contributed by atoms with Crippen molar-refractivity contribution in [3.63, 3.8) is 0 Å². The zero-order valence-corrected chi connectivity index (χ0v) is 16.1. The average Bonchev–Trinajstić information content (AvgIpc) is 3.04. The van der Waals surface area contributed by atoms with Gasteiger partial charge in [0.05, 0.1) is 19.6 Å². The van der Waals surface area contributed by atoms with E-state index in [0.29, 0.717) is 11.3 Å². The van der Waals surface area contributed by atoms with Gasteiger partial charge in [0.25, 0.3) is 5.91 Å². The number of rotatable bonds is 6. The van der Waals surface area contributed by atoms with Crippen LogP contribution in [0.15, 0.2) is 78.9 Å². The number of hydrogen-bond acceptors (Lipinski definition) is 4. The molecule has 0 spiro atoms. The molecular weight excluding hydrogens is 366 g/mol. The van der Waals surface area contributed by atoms with Gasteiger partial charge in [0, 0.05) is 11.3 Å². The van der Waals surface area contributed by atoms with Crippen LogP contribution in [0, 0.1) is 0 Å². The molecule has 29 heavy (non-hydrogen) atoms. The smallest absolute Gasteiger partial charge is 0.308 e. The Hall–Kier alpha value is -3.60. The third kappa shape index (κ3) is 3.85. The van der Waals surface area contributed by atoms with Gasteiger partial charge in [-0.25, -0.2) is 0 Å². The maximum Gasteiger partial charge on any atom is 0.308 e. The van der Waals surface area contributed by atoms with E-state index in [1.54, 1.807) is 24.1 Å². The van der Waals surface area contributed by atoms with Gasteiger partial charge in [0.2, 0.25) is 0 Å². The Kier molecular flexibility index (Phi) is 5.29. The zero-order chi connectivity index (χ0) is 20.2. The first-order chi connectivity index (χ1) is 14.2. The Bertz CT molecular complexity index is 1020. The average molecular weight is 387 g/mol. The Balaban J connectivity index is 1.60. The molecule has 146 valence electrons. The van der Waals surface area contributed by atoms with Crippen molar-refractivity contribution in [2.24, 2.45) is 0 Å². The molecule has 1 unspecified atom stereocenters. The van der Waals surface area contributed by atoms with Gasteiger partial charge < -0.3 is 14.4 Å². The lowest BCUT2D eigenvalue weighted by Crippen LogP contribution is -2.29. The molecule has 0 aliphatic carbocycles. The van der Waals surface area contributed by atoms with Gasteiger partial charge in [0.1, 0.15) is 12.4 Å². The number of nitrogens with zero attached hydrogens (tertiary/aromatic N) is 1. The lowest BCUT2D eigenvalue weighted by Gasteiger charge is -2.25. The number of amides is 1. The van der Waals surface area contributed by atoms with E-state index in [-0.39, 0.29) is 24.9 Å². The van der Waals surface area contributed by atoms with Crippen LogP contribution < -0.4 is 9.64 Å². The zero-order valence-electron chi connectivity index (χ0n) is 16.1. The molecule has 3 aromatic carbocycles. The van der Waals surface area contributed by atoms with Crippen LogP contribution in [0.2, 0.25) is 0 Å². The number of carbonyl (C=O) groups is 2. The summed E-state index contributed by atoms with van der Waals surface area (Å²) >= 11 is 0. The topological polar surface area (TPSA) is 55.8 Å². The highest BCUT2D eigenvalue weighted by atomic mass is 16.5. The van der Waals surface area contributed by atoms with Crippen molar-refractivity contribution in [3.05, 3.63) is 95.6 Å². The summed E-state index contributed by atoms with van der Waals surface area (Å²) in [5, 5.41) is 0. The van der Waals surface area contributed by atoms with Crippen molar-refractivity contribution < 1.29 is 19.1 Å². The highest BCUT2D eigenvalue weighted by Gasteiger charge is 2.39. The molecule has 1 heterocycles. The number of ether oxygens (including phenoxy) is 2. The fraction of sp³-hybridized carbons (Fsp3) is 0.167. The van der Waals surface area contributed by atoms with Gasteiger partial charge in [-0.3, -0.25) is 9.59 Å². The van der Waals surface area contributed by atoms with Crippen LogP contribution in [0.4, 0.5) is 5.69 Å². The first kappa shape index (κ1) is 18.7. The molecule has 0 fully saturated rings. The van der Waals surface area contributed by atoms with Gasteiger partial charge in [-0.15, -0.1) is 0 Å². The van der Waals surface area contributed by atoms with E-state index in [4.69, 9.17) is 9.47 Å². The Labute approximate surface area is 169 Å². The fourth-order valence-electron chi connectivity index (χ4n) is 3.59. The van der Waals surface area contributed by atoms with Crippen molar-refractivity contribution in [1.29, 1.82) is 0 Å². The van der Waals surface area contributed by atoms with Crippen LogP contribution in [-0.2, 0) is 16.1 Å².